The molecule has 4 rings (SSSR count). The number of ether oxygens (including phenoxy) is 1. The zero-order valence-electron chi connectivity index (χ0n) is 18.2. The van der Waals surface area contributed by atoms with Crippen molar-refractivity contribution in [2.24, 2.45) is 10.2 Å². The van der Waals surface area contributed by atoms with E-state index in [2.05, 4.69) is 15.3 Å². The van der Waals surface area contributed by atoms with Gasteiger partial charge >= 0.3 is 0 Å². The largest absolute Gasteiger partial charge is 0.508 e. The molecular weight excluding hydrogens is 404 g/mol. The maximum atomic E-state index is 13.1. The molecule has 2 N–H and O–H groups in total. The number of aromatic hydroxyl groups is 1. The van der Waals surface area contributed by atoms with Crippen LogP contribution in [0.15, 0.2) is 81.8 Å². The summed E-state index contributed by atoms with van der Waals surface area (Å²) < 4.78 is 6.92. The van der Waals surface area contributed by atoms with Gasteiger partial charge in [-0.1, -0.05) is 42.0 Å². The van der Waals surface area contributed by atoms with E-state index in [1.165, 1.54) is 10.7 Å². The molecule has 0 saturated heterocycles. The lowest BCUT2D eigenvalue weighted by atomic mass is 10.0. The van der Waals surface area contributed by atoms with Crippen LogP contribution >= 0.6 is 0 Å². The number of benzene rings is 3. The maximum Gasteiger partial charge on any atom is 0.299 e. The van der Waals surface area contributed by atoms with Gasteiger partial charge in [0.15, 0.2) is 5.69 Å². The van der Waals surface area contributed by atoms with Gasteiger partial charge < -0.3 is 9.84 Å². The van der Waals surface area contributed by atoms with Gasteiger partial charge in [0.25, 0.3) is 5.56 Å². The molecule has 0 aliphatic carbocycles. The molecule has 0 aliphatic heterocycles. The minimum absolute atomic E-state index is 0.0612. The lowest BCUT2D eigenvalue weighted by Gasteiger charge is -2.08. The summed E-state index contributed by atoms with van der Waals surface area (Å²) in [7, 11) is 0. The second kappa shape index (κ2) is 8.93. The summed E-state index contributed by atoms with van der Waals surface area (Å²) >= 11 is 0. The molecule has 0 bridgehead atoms. The molecule has 0 radical (unpaired) electrons. The Hall–Kier alpha value is -4.13. The fraction of sp³-hybridized carbons (Fsp3) is 0.160. The Kier molecular flexibility index (Phi) is 5.89. The number of aryl methyl sites for hydroxylation is 2. The molecule has 1 heterocycles. The van der Waals surface area contributed by atoms with Gasteiger partial charge in [-0.25, -0.2) is 4.68 Å². The zero-order chi connectivity index (χ0) is 22.7. The van der Waals surface area contributed by atoms with E-state index in [1.807, 2.05) is 56.3 Å². The van der Waals surface area contributed by atoms with Gasteiger partial charge in [-0.3, -0.25) is 9.89 Å². The quantitative estimate of drug-likeness (QED) is 0.371. The molecule has 0 saturated carbocycles. The van der Waals surface area contributed by atoms with Gasteiger partial charge in [-0.15, -0.1) is 10.2 Å². The van der Waals surface area contributed by atoms with E-state index in [9.17, 15) is 9.90 Å². The SMILES string of the molecule is CCOc1ccccc1N=Nc1c(C)[nH]n(-c2cc(O)cc(-c3ccc(C)cc3)c2)c1=O. The van der Waals surface area contributed by atoms with Gasteiger partial charge in [0.1, 0.15) is 17.2 Å². The molecule has 0 unspecified atom stereocenters. The van der Waals surface area contributed by atoms with Gasteiger partial charge in [-0.2, -0.15) is 0 Å². The Bertz CT molecular complexity index is 1330. The van der Waals surface area contributed by atoms with Crippen LogP contribution in [0.3, 0.4) is 0 Å². The number of phenols is 1. The highest BCUT2D eigenvalue weighted by molar-refractivity contribution is 5.68. The van der Waals surface area contributed by atoms with Crippen molar-refractivity contribution in [2.45, 2.75) is 20.8 Å². The van der Waals surface area contributed by atoms with Crippen molar-refractivity contribution < 1.29 is 9.84 Å². The molecular formula is C25H24N4O3. The molecule has 0 amide bonds. The first-order chi connectivity index (χ1) is 15.5. The third kappa shape index (κ3) is 4.32. The van der Waals surface area contributed by atoms with E-state index in [4.69, 9.17) is 4.74 Å². The van der Waals surface area contributed by atoms with Crippen LogP contribution in [0.5, 0.6) is 11.5 Å². The van der Waals surface area contributed by atoms with Crippen LogP contribution < -0.4 is 10.3 Å². The highest BCUT2D eigenvalue weighted by Gasteiger charge is 2.14. The fourth-order valence-corrected chi connectivity index (χ4v) is 3.40. The summed E-state index contributed by atoms with van der Waals surface area (Å²) in [5, 5.41) is 21.7. The van der Waals surface area contributed by atoms with E-state index in [0.717, 1.165) is 16.7 Å². The summed E-state index contributed by atoms with van der Waals surface area (Å²) in [6, 6.07) is 20.3. The highest BCUT2D eigenvalue weighted by atomic mass is 16.5. The van der Waals surface area contributed by atoms with Crippen LogP contribution in [0.1, 0.15) is 18.2 Å². The lowest BCUT2D eigenvalue weighted by molar-refractivity contribution is 0.341. The number of rotatable bonds is 6. The number of hydrogen-bond donors (Lipinski definition) is 2. The number of azo groups is 1. The number of para-hydroxylation sites is 1. The van der Waals surface area contributed by atoms with Crippen LogP contribution in [0, 0.1) is 13.8 Å². The summed E-state index contributed by atoms with van der Waals surface area (Å²) in [4.78, 5) is 13.1. The Labute approximate surface area is 185 Å². The standard InChI is InChI=1S/C25H24N4O3/c1-4-32-23-8-6-5-7-22(23)26-27-24-17(3)28-29(25(24)31)20-13-19(14-21(30)15-20)18-11-9-16(2)10-12-18/h5-15,28,30H,4H2,1-3H3. The minimum atomic E-state index is -0.361. The van der Waals surface area contributed by atoms with Crippen molar-refractivity contribution >= 4 is 11.4 Å². The van der Waals surface area contributed by atoms with E-state index in [1.54, 1.807) is 25.1 Å². The monoisotopic (exact) mass is 428 g/mol. The van der Waals surface area contributed by atoms with Crippen LogP contribution in [0.4, 0.5) is 11.4 Å². The van der Waals surface area contributed by atoms with Gasteiger partial charge in [0.2, 0.25) is 0 Å². The molecule has 162 valence electrons. The first-order valence-corrected chi connectivity index (χ1v) is 10.3. The van der Waals surface area contributed by atoms with Gasteiger partial charge in [0, 0.05) is 6.07 Å². The van der Waals surface area contributed by atoms with Crippen molar-refractivity contribution in [2.75, 3.05) is 6.61 Å². The zero-order valence-corrected chi connectivity index (χ0v) is 18.2. The molecule has 0 fully saturated rings. The number of H-pyrrole nitrogens is 1. The number of nitrogens with zero attached hydrogens (tertiary/aromatic N) is 3. The summed E-state index contributed by atoms with van der Waals surface area (Å²) in [5.41, 5.74) is 4.32. The first-order valence-electron chi connectivity index (χ1n) is 10.3. The van der Waals surface area contributed by atoms with Crippen LogP contribution in [0.25, 0.3) is 16.8 Å². The average molecular weight is 428 g/mol. The van der Waals surface area contributed by atoms with E-state index >= 15 is 0 Å². The smallest absolute Gasteiger partial charge is 0.299 e. The number of aromatic amines is 1. The second-order valence-corrected chi connectivity index (χ2v) is 7.43. The molecule has 0 aliphatic rings. The number of phenolic OH excluding ortho intramolecular Hbond substituents is 1. The number of hydrogen-bond acceptors (Lipinski definition) is 5. The predicted molar refractivity (Wildman–Crippen MR) is 125 cm³/mol. The Morgan fingerprint density at radius 1 is 0.969 bits per heavy atom. The first kappa shape index (κ1) is 21.1. The van der Waals surface area contributed by atoms with Crippen molar-refractivity contribution in [1.82, 2.24) is 9.78 Å². The predicted octanol–water partition coefficient (Wildman–Crippen LogP) is 5.97. The van der Waals surface area contributed by atoms with Crippen molar-refractivity contribution in [1.29, 1.82) is 0 Å². The summed E-state index contributed by atoms with van der Waals surface area (Å²) in [5.74, 6) is 0.661. The minimum Gasteiger partial charge on any atom is -0.508 e. The van der Waals surface area contributed by atoms with E-state index in [0.29, 0.717) is 29.4 Å². The van der Waals surface area contributed by atoms with Gasteiger partial charge in [-0.05, 0) is 56.2 Å². The maximum absolute atomic E-state index is 13.1. The molecule has 3 aromatic carbocycles. The van der Waals surface area contributed by atoms with Gasteiger partial charge in [0.05, 0.1) is 18.0 Å². The normalized spacial score (nSPS) is 11.2. The topological polar surface area (TPSA) is 92.0 Å². The molecule has 32 heavy (non-hydrogen) atoms. The van der Waals surface area contributed by atoms with Crippen molar-refractivity contribution in [3.05, 3.63) is 88.3 Å². The number of aromatic nitrogens is 2. The van der Waals surface area contributed by atoms with Crippen molar-refractivity contribution in [3.63, 3.8) is 0 Å². The third-order valence-corrected chi connectivity index (χ3v) is 5.01. The lowest BCUT2D eigenvalue weighted by Crippen LogP contribution is -2.14. The molecule has 0 spiro atoms. The van der Waals surface area contributed by atoms with Crippen LogP contribution in [-0.2, 0) is 0 Å². The Balaban J connectivity index is 1.72. The van der Waals surface area contributed by atoms with E-state index < -0.39 is 0 Å². The van der Waals surface area contributed by atoms with E-state index in [-0.39, 0.29) is 17.0 Å². The molecule has 1 aromatic heterocycles. The molecule has 7 nitrogen and oxygen atoms in total. The number of nitrogens with one attached hydrogen (secondary N) is 1. The average Bonchev–Trinajstić information content (AvgIpc) is 3.07. The third-order valence-electron chi connectivity index (χ3n) is 5.01. The van der Waals surface area contributed by atoms with Crippen LogP contribution in [0.2, 0.25) is 0 Å². The Morgan fingerprint density at radius 2 is 1.72 bits per heavy atom. The Morgan fingerprint density at radius 3 is 2.47 bits per heavy atom. The molecule has 7 heteroatoms. The summed E-state index contributed by atoms with van der Waals surface area (Å²) in [6.45, 7) is 6.17. The van der Waals surface area contributed by atoms with Crippen LogP contribution in [-0.4, -0.2) is 21.5 Å². The highest BCUT2D eigenvalue weighted by Crippen LogP contribution is 2.30. The second-order valence-electron chi connectivity index (χ2n) is 7.43. The fourth-order valence-electron chi connectivity index (χ4n) is 3.40. The molecule has 0 atom stereocenters. The molecule has 4 aromatic rings. The van der Waals surface area contributed by atoms with Crippen molar-refractivity contribution in [3.8, 4) is 28.3 Å². The summed E-state index contributed by atoms with van der Waals surface area (Å²) in [6.07, 6.45) is 0.